The molecule has 23 heavy (non-hydrogen) atoms. The molecule has 1 atom stereocenters. The van der Waals surface area contributed by atoms with E-state index in [1.165, 1.54) is 67.8 Å². The van der Waals surface area contributed by atoms with E-state index in [0.29, 0.717) is 6.04 Å². The standard InChI is InChI=1S/C18H27N5/c1-3-23-13-14(11-19-23)12-22-10-6-9-17(22)18-20-15-7-4-5-8-16(15)21(18)2/h11,13,17H,3-10,12H2,1-2H3. The molecule has 124 valence electrons. The van der Waals surface area contributed by atoms with Crippen LogP contribution in [0.4, 0.5) is 0 Å². The van der Waals surface area contributed by atoms with E-state index in [0.717, 1.165) is 13.1 Å². The van der Waals surface area contributed by atoms with Crippen LogP contribution < -0.4 is 0 Å². The van der Waals surface area contributed by atoms with Crippen molar-refractivity contribution in [2.75, 3.05) is 6.54 Å². The minimum Gasteiger partial charge on any atom is -0.334 e. The Morgan fingerprint density at radius 3 is 2.87 bits per heavy atom. The van der Waals surface area contributed by atoms with Crippen molar-refractivity contribution in [1.82, 2.24) is 24.2 Å². The van der Waals surface area contributed by atoms with Gasteiger partial charge in [-0.05, 0) is 52.0 Å². The minimum absolute atomic E-state index is 0.468. The van der Waals surface area contributed by atoms with Gasteiger partial charge in [0.05, 0.1) is 17.9 Å². The third-order valence-electron chi connectivity index (χ3n) is 5.47. The van der Waals surface area contributed by atoms with Crippen molar-refractivity contribution in [3.8, 4) is 0 Å². The van der Waals surface area contributed by atoms with Gasteiger partial charge in [-0.15, -0.1) is 0 Å². The van der Waals surface area contributed by atoms with Crippen molar-refractivity contribution in [3.63, 3.8) is 0 Å². The van der Waals surface area contributed by atoms with E-state index < -0.39 is 0 Å². The summed E-state index contributed by atoms with van der Waals surface area (Å²) in [5.41, 5.74) is 4.16. The van der Waals surface area contributed by atoms with Gasteiger partial charge >= 0.3 is 0 Å². The molecule has 1 fully saturated rings. The number of fused-ring (bicyclic) bond motifs is 1. The van der Waals surface area contributed by atoms with E-state index >= 15 is 0 Å². The second kappa shape index (κ2) is 6.11. The predicted molar refractivity (Wildman–Crippen MR) is 90.1 cm³/mol. The summed E-state index contributed by atoms with van der Waals surface area (Å²) in [5, 5.41) is 4.41. The summed E-state index contributed by atoms with van der Waals surface area (Å²) in [5.74, 6) is 1.29. The van der Waals surface area contributed by atoms with Crippen molar-refractivity contribution < 1.29 is 0 Å². The molecule has 0 spiro atoms. The number of hydrogen-bond donors (Lipinski definition) is 0. The third kappa shape index (κ3) is 2.71. The zero-order valence-corrected chi connectivity index (χ0v) is 14.3. The molecule has 2 aromatic heterocycles. The van der Waals surface area contributed by atoms with Gasteiger partial charge in [-0.2, -0.15) is 5.10 Å². The van der Waals surface area contributed by atoms with Gasteiger partial charge in [-0.3, -0.25) is 9.58 Å². The Hall–Kier alpha value is -1.62. The monoisotopic (exact) mass is 313 g/mol. The molecule has 0 bridgehead atoms. The van der Waals surface area contributed by atoms with Gasteiger partial charge in [0.2, 0.25) is 0 Å². The van der Waals surface area contributed by atoms with Gasteiger partial charge in [0.15, 0.2) is 0 Å². The van der Waals surface area contributed by atoms with Gasteiger partial charge in [0.25, 0.3) is 0 Å². The summed E-state index contributed by atoms with van der Waals surface area (Å²) in [6, 6.07) is 0.468. The molecular weight excluding hydrogens is 286 g/mol. The normalized spacial score (nSPS) is 21.7. The van der Waals surface area contributed by atoms with Crippen LogP contribution in [-0.2, 0) is 33.0 Å². The first kappa shape index (κ1) is 14.9. The summed E-state index contributed by atoms with van der Waals surface area (Å²) in [4.78, 5) is 7.63. The van der Waals surface area contributed by atoms with Gasteiger partial charge in [0.1, 0.15) is 5.82 Å². The summed E-state index contributed by atoms with van der Waals surface area (Å²) >= 11 is 0. The molecule has 1 aliphatic heterocycles. The molecule has 1 aliphatic carbocycles. The van der Waals surface area contributed by atoms with Gasteiger partial charge in [-0.25, -0.2) is 4.98 Å². The van der Waals surface area contributed by atoms with E-state index in [2.05, 4.69) is 34.7 Å². The smallest absolute Gasteiger partial charge is 0.126 e. The van der Waals surface area contributed by atoms with Crippen LogP contribution in [0.3, 0.4) is 0 Å². The highest BCUT2D eigenvalue weighted by Crippen LogP contribution is 2.34. The topological polar surface area (TPSA) is 38.9 Å². The first-order chi connectivity index (χ1) is 11.3. The van der Waals surface area contributed by atoms with Crippen LogP contribution in [0, 0.1) is 0 Å². The van der Waals surface area contributed by atoms with Crippen molar-refractivity contribution in [1.29, 1.82) is 0 Å². The number of aromatic nitrogens is 4. The number of hydrogen-bond acceptors (Lipinski definition) is 3. The van der Waals surface area contributed by atoms with Gasteiger partial charge in [0, 0.05) is 37.6 Å². The first-order valence-electron chi connectivity index (χ1n) is 9.06. The Bertz CT molecular complexity index is 684. The highest BCUT2D eigenvalue weighted by atomic mass is 15.3. The van der Waals surface area contributed by atoms with E-state index in [1.807, 2.05) is 10.9 Å². The molecule has 0 radical (unpaired) electrons. The Kier molecular flexibility index (Phi) is 3.97. The average Bonchev–Trinajstić information content (AvgIpc) is 3.28. The Labute approximate surface area is 138 Å². The first-order valence-corrected chi connectivity index (χ1v) is 9.06. The maximum Gasteiger partial charge on any atom is 0.126 e. The summed E-state index contributed by atoms with van der Waals surface area (Å²) in [6.45, 7) is 5.23. The average molecular weight is 313 g/mol. The number of likely N-dealkylation sites (tertiary alicyclic amines) is 1. The van der Waals surface area contributed by atoms with Crippen LogP contribution in [0.5, 0.6) is 0 Å². The van der Waals surface area contributed by atoms with Crippen LogP contribution in [-0.4, -0.2) is 30.8 Å². The number of aryl methyl sites for hydroxylation is 2. The predicted octanol–water partition coefficient (Wildman–Crippen LogP) is 2.85. The summed E-state index contributed by atoms with van der Waals surface area (Å²) < 4.78 is 4.41. The molecule has 3 heterocycles. The molecule has 5 nitrogen and oxygen atoms in total. The van der Waals surface area contributed by atoms with Crippen molar-refractivity contribution in [3.05, 3.63) is 35.2 Å². The zero-order chi connectivity index (χ0) is 15.8. The second-order valence-corrected chi connectivity index (χ2v) is 6.96. The lowest BCUT2D eigenvalue weighted by Crippen LogP contribution is -2.25. The minimum atomic E-state index is 0.468. The molecule has 4 rings (SSSR count). The highest BCUT2D eigenvalue weighted by Gasteiger charge is 2.31. The lowest BCUT2D eigenvalue weighted by atomic mass is 10.0. The SMILES string of the molecule is CCn1cc(CN2CCCC2c2nc3c(n2C)CCCC3)cn1. The molecule has 0 amide bonds. The lowest BCUT2D eigenvalue weighted by Gasteiger charge is -2.23. The molecule has 2 aliphatic rings. The Balaban J connectivity index is 1.56. The van der Waals surface area contributed by atoms with E-state index in [1.54, 1.807) is 0 Å². The largest absolute Gasteiger partial charge is 0.334 e. The number of nitrogens with zero attached hydrogens (tertiary/aromatic N) is 5. The zero-order valence-electron chi connectivity index (χ0n) is 14.3. The van der Waals surface area contributed by atoms with Crippen molar-refractivity contribution in [2.24, 2.45) is 7.05 Å². The van der Waals surface area contributed by atoms with E-state index in [9.17, 15) is 0 Å². The van der Waals surface area contributed by atoms with Crippen LogP contribution in [0.1, 0.15) is 61.4 Å². The van der Waals surface area contributed by atoms with Crippen molar-refractivity contribution >= 4 is 0 Å². The molecule has 0 aromatic carbocycles. The quantitative estimate of drug-likeness (QED) is 0.871. The van der Waals surface area contributed by atoms with E-state index in [-0.39, 0.29) is 0 Å². The summed E-state index contributed by atoms with van der Waals surface area (Å²) in [6.07, 6.45) is 11.7. The fourth-order valence-electron chi connectivity index (χ4n) is 4.21. The van der Waals surface area contributed by atoms with Gasteiger partial charge in [-0.1, -0.05) is 0 Å². The number of imidazole rings is 1. The maximum atomic E-state index is 5.05. The maximum absolute atomic E-state index is 5.05. The second-order valence-electron chi connectivity index (χ2n) is 6.96. The van der Waals surface area contributed by atoms with Crippen LogP contribution in [0.25, 0.3) is 0 Å². The molecular formula is C18H27N5. The highest BCUT2D eigenvalue weighted by molar-refractivity contribution is 5.22. The summed E-state index contributed by atoms with van der Waals surface area (Å²) in [7, 11) is 2.22. The van der Waals surface area contributed by atoms with E-state index in [4.69, 9.17) is 4.98 Å². The fourth-order valence-corrected chi connectivity index (χ4v) is 4.21. The molecule has 1 unspecified atom stereocenters. The van der Waals surface area contributed by atoms with Crippen LogP contribution >= 0.6 is 0 Å². The van der Waals surface area contributed by atoms with Crippen LogP contribution in [0.2, 0.25) is 0 Å². The molecule has 1 saturated heterocycles. The molecule has 2 aromatic rings. The Morgan fingerprint density at radius 2 is 2.09 bits per heavy atom. The van der Waals surface area contributed by atoms with Crippen LogP contribution in [0.15, 0.2) is 12.4 Å². The van der Waals surface area contributed by atoms with Crippen molar-refractivity contribution in [2.45, 2.75) is 64.6 Å². The molecule has 5 heteroatoms. The Morgan fingerprint density at radius 1 is 1.22 bits per heavy atom. The third-order valence-corrected chi connectivity index (χ3v) is 5.47. The molecule has 0 saturated carbocycles. The lowest BCUT2D eigenvalue weighted by molar-refractivity contribution is 0.236. The fraction of sp³-hybridized carbons (Fsp3) is 0.667. The number of rotatable bonds is 4. The van der Waals surface area contributed by atoms with Gasteiger partial charge < -0.3 is 4.57 Å². The molecule has 0 N–H and O–H groups in total.